The molecule has 0 bridgehead atoms. The molecule has 1 unspecified atom stereocenters. The molecule has 0 aliphatic carbocycles. The number of pyridine rings is 1. The quantitative estimate of drug-likeness (QED) is 0.335. The first-order chi connectivity index (χ1) is 18.5. The van der Waals surface area contributed by atoms with Crippen LogP contribution < -0.4 is 21.3 Å². The normalized spacial score (nSPS) is 15.9. The van der Waals surface area contributed by atoms with E-state index >= 15 is 0 Å². The molecule has 1 aliphatic rings. The smallest absolute Gasteiger partial charge is 0.417 e. The van der Waals surface area contributed by atoms with E-state index in [-0.39, 0.29) is 12.1 Å². The Kier molecular flexibility index (Phi) is 6.85. The van der Waals surface area contributed by atoms with Gasteiger partial charge in [-0.1, -0.05) is 0 Å². The summed E-state index contributed by atoms with van der Waals surface area (Å²) in [6, 6.07) is 9.17. The fourth-order valence-corrected chi connectivity index (χ4v) is 4.33. The van der Waals surface area contributed by atoms with Crippen molar-refractivity contribution in [3.05, 3.63) is 58.8 Å². The number of H-pyrrole nitrogens is 1. The van der Waals surface area contributed by atoms with E-state index in [1.54, 1.807) is 29.4 Å². The van der Waals surface area contributed by atoms with E-state index < -0.39 is 11.4 Å². The van der Waals surface area contributed by atoms with Gasteiger partial charge in [0.2, 0.25) is 5.95 Å². The molecule has 0 saturated carbocycles. The van der Waals surface area contributed by atoms with E-state index in [2.05, 4.69) is 35.5 Å². The van der Waals surface area contributed by atoms with Crippen LogP contribution in [-0.4, -0.2) is 62.2 Å². The number of ether oxygens (including phenoxy) is 1. The number of aryl methyl sites for hydroxylation is 1. The highest BCUT2D eigenvalue weighted by Crippen LogP contribution is 2.25. The van der Waals surface area contributed by atoms with Crippen LogP contribution in [0.25, 0.3) is 11.1 Å². The largest absolute Gasteiger partial charge is 0.444 e. The van der Waals surface area contributed by atoms with Crippen LogP contribution in [0.2, 0.25) is 0 Å². The molecular formula is C27H32N8O4. The van der Waals surface area contributed by atoms with Gasteiger partial charge in [0, 0.05) is 43.1 Å². The Balaban J connectivity index is 1.22. The number of aromatic amines is 1. The number of nitrogens with zero attached hydrogens (tertiary/aromatic N) is 5. The molecule has 1 aromatic carbocycles. The Morgan fingerprint density at radius 2 is 1.90 bits per heavy atom. The van der Waals surface area contributed by atoms with E-state index in [0.717, 1.165) is 22.8 Å². The van der Waals surface area contributed by atoms with Crippen molar-refractivity contribution in [3.8, 4) is 0 Å². The lowest BCUT2D eigenvalue weighted by Gasteiger charge is -2.40. The number of hydrogen-bond donors (Lipinski definition) is 3. The van der Waals surface area contributed by atoms with Crippen LogP contribution in [0.4, 0.5) is 33.8 Å². The Morgan fingerprint density at radius 1 is 1.10 bits per heavy atom. The van der Waals surface area contributed by atoms with Crippen LogP contribution in [0.5, 0.6) is 0 Å². The van der Waals surface area contributed by atoms with Gasteiger partial charge < -0.3 is 29.6 Å². The Hall–Kier alpha value is -4.61. The number of rotatable bonds is 5. The number of fused-ring (bicyclic) bond motifs is 1. The molecule has 1 atom stereocenters. The minimum absolute atomic E-state index is 0.00505. The Labute approximate surface area is 225 Å². The first-order valence-corrected chi connectivity index (χ1v) is 12.8. The summed E-state index contributed by atoms with van der Waals surface area (Å²) in [5.41, 5.74) is 2.91. The maximum Gasteiger partial charge on any atom is 0.417 e. The predicted octanol–water partition coefficient (Wildman–Crippen LogP) is 4.55. The van der Waals surface area contributed by atoms with Crippen molar-refractivity contribution in [2.75, 3.05) is 35.2 Å². The van der Waals surface area contributed by atoms with E-state index in [9.17, 15) is 9.59 Å². The van der Waals surface area contributed by atoms with Crippen molar-refractivity contribution in [2.24, 2.45) is 0 Å². The summed E-state index contributed by atoms with van der Waals surface area (Å²) in [5, 5.41) is 6.46. The zero-order valence-corrected chi connectivity index (χ0v) is 22.6. The first kappa shape index (κ1) is 26.0. The highest BCUT2D eigenvalue weighted by molar-refractivity contribution is 5.78. The lowest BCUT2D eigenvalue weighted by atomic mass is 10.2. The molecule has 1 aliphatic heterocycles. The number of nitrogens with one attached hydrogen (secondary N) is 3. The summed E-state index contributed by atoms with van der Waals surface area (Å²) in [6.07, 6.45) is 3.18. The highest BCUT2D eigenvalue weighted by Gasteiger charge is 2.31. The number of carbonyl (C=O) groups is 1. The van der Waals surface area contributed by atoms with Gasteiger partial charge in [0.1, 0.15) is 17.2 Å². The third-order valence-electron chi connectivity index (χ3n) is 6.24. The summed E-state index contributed by atoms with van der Waals surface area (Å²) >= 11 is 0. The van der Waals surface area contributed by atoms with Gasteiger partial charge in [-0.25, -0.2) is 19.6 Å². The predicted molar refractivity (Wildman–Crippen MR) is 149 cm³/mol. The number of piperazine rings is 1. The summed E-state index contributed by atoms with van der Waals surface area (Å²) < 4.78 is 10.6. The lowest BCUT2D eigenvalue weighted by Crippen LogP contribution is -2.55. The molecule has 12 nitrogen and oxygen atoms in total. The van der Waals surface area contributed by atoms with Gasteiger partial charge in [-0.05, 0) is 65.0 Å². The first-order valence-electron chi connectivity index (χ1n) is 12.8. The number of amides is 1. The van der Waals surface area contributed by atoms with Gasteiger partial charge in [-0.2, -0.15) is 4.98 Å². The number of benzene rings is 1. The van der Waals surface area contributed by atoms with Gasteiger partial charge in [0.25, 0.3) is 0 Å². The number of aromatic nitrogens is 4. The molecular weight excluding hydrogens is 500 g/mol. The zero-order valence-electron chi connectivity index (χ0n) is 22.6. The molecule has 1 saturated heterocycles. The molecule has 4 aromatic rings. The average molecular weight is 533 g/mol. The fourth-order valence-electron chi connectivity index (χ4n) is 4.33. The minimum Gasteiger partial charge on any atom is -0.444 e. The number of anilines is 5. The molecule has 0 spiro atoms. The number of oxazole rings is 1. The second kappa shape index (κ2) is 10.3. The minimum atomic E-state index is -0.521. The van der Waals surface area contributed by atoms with Crippen molar-refractivity contribution in [1.82, 2.24) is 24.8 Å². The van der Waals surface area contributed by atoms with E-state index in [1.807, 2.05) is 52.8 Å². The second-order valence-electron chi connectivity index (χ2n) is 10.6. The zero-order chi connectivity index (χ0) is 27.7. The summed E-state index contributed by atoms with van der Waals surface area (Å²) in [6.45, 7) is 11.4. The SMILES string of the molecule is Cc1cnc(Nc2ccc(N3CCN(C(=O)OC(C)(C)C)C(C)C3)nc2)nc1Nc1ccc2oc(=O)[nH]c2c1. The van der Waals surface area contributed by atoms with E-state index in [0.29, 0.717) is 42.5 Å². The molecule has 4 heterocycles. The van der Waals surface area contributed by atoms with Crippen LogP contribution in [0, 0.1) is 6.92 Å². The second-order valence-corrected chi connectivity index (χ2v) is 10.6. The summed E-state index contributed by atoms with van der Waals surface area (Å²) in [7, 11) is 0. The maximum absolute atomic E-state index is 12.5. The van der Waals surface area contributed by atoms with Gasteiger partial charge in [-0.15, -0.1) is 0 Å². The van der Waals surface area contributed by atoms with Crippen molar-refractivity contribution >= 4 is 46.2 Å². The van der Waals surface area contributed by atoms with Crippen molar-refractivity contribution in [3.63, 3.8) is 0 Å². The average Bonchev–Trinajstić information content (AvgIpc) is 3.24. The Morgan fingerprint density at radius 3 is 2.62 bits per heavy atom. The van der Waals surface area contributed by atoms with Crippen LogP contribution in [0.1, 0.15) is 33.3 Å². The van der Waals surface area contributed by atoms with Gasteiger partial charge in [0.15, 0.2) is 5.58 Å². The van der Waals surface area contributed by atoms with Crippen molar-refractivity contribution in [1.29, 1.82) is 0 Å². The molecule has 1 fully saturated rings. The molecule has 1 amide bonds. The van der Waals surface area contributed by atoms with Crippen LogP contribution >= 0.6 is 0 Å². The van der Waals surface area contributed by atoms with Crippen molar-refractivity contribution < 1.29 is 13.9 Å². The molecule has 5 rings (SSSR count). The topological polar surface area (TPSA) is 142 Å². The summed E-state index contributed by atoms with van der Waals surface area (Å²) in [4.78, 5) is 44.1. The lowest BCUT2D eigenvalue weighted by molar-refractivity contribution is 0.0158. The fraction of sp³-hybridized carbons (Fsp3) is 0.370. The number of carbonyl (C=O) groups excluding carboxylic acids is 1. The molecule has 12 heteroatoms. The third-order valence-corrected chi connectivity index (χ3v) is 6.24. The molecule has 39 heavy (non-hydrogen) atoms. The Bertz CT molecular complexity index is 1540. The standard InChI is InChI=1S/C27H32N8O4/c1-16-13-29-24(33-23(16)30-18-6-8-21-20(12-18)32-25(36)38-21)31-19-7-9-22(28-14-19)34-10-11-35(17(2)15-34)26(37)39-27(3,4)5/h6-9,12-14,17H,10-11,15H2,1-5H3,(H,32,36)(H2,29,30,31,33). The summed E-state index contributed by atoms with van der Waals surface area (Å²) in [5.74, 6) is 1.37. The van der Waals surface area contributed by atoms with Gasteiger partial charge in [-0.3, -0.25) is 4.98 Å². The number of hydrogen-bond acceptors (Lipinski definition) is 10. The maximum atomic E-state index is 12.5. The molecule has 0 radical (unpaired) electrons. The van der Waals surface area contributed by atoms with Crippen LogP contribution in [-0.2, 0) is 4.74 Å². The van der Waals surface area contributed by atoms with Crippen molar-refractivity contribution in [2.45, 2.75) is 46.3 Å². The van der Waals surface area contributed by atoms with E-state index in [1.165, 1.54) is 0 Å². The monoisotopic (exact) mass is 532 g/mol. The van der Waals surface area contributed by atoms with Crippen LogP contribution in [0.15, 0.2) is 51.9 Å². The van der Waals surface area contributed by atoms with Gasteiger partial charge >= 0.3 is 11.8 Å². The molecule has 3 N–H and O–H groups in total. The van der Waals surface area contributed by atoms with E-state index in [4.69, 9.17) is 9.15 Å². The highest BCUT2D eigenvalue weighted by atomic mass is 16.6. The third kappa shape index (κ3) is 6.11. The molecule has 204 valence electrons. The van der Waals surface area contributed by atoms with Gasteiger partial charge in [0.05, 0.1) is 17.4 Å². The molecule has 3 aromatic heterocycles. The van der Waals surface area contributed by atoms with Crippen LogP contribution in [0.3, 0.4) is 0 Å².